The maximum atomic E-state index is 4.07. The Bertz CT molecular complexity index is 1090. The molecule has 126 valence electrons. The lowest BCUT2D eigenvalue weighted by molar-refractivity contribution is 1.44. The van der Waals surface area contributed by atoms with Crippen molar-refractivity contribution >= 4 is 46.4 Å². The van der Waals surface area contributed by atoms with Crippen LogP contribution in [0.15, 0.2) is 70.6 Å². The van der Waals surface area contributed by atoms with E-state index >= 15 is 0 Å². The molecule has 0 unspecified atom stereocenters. The molecule has 0 saturated carbocycles. The molecule has 0 atom stereocenters. The number of rotatable bonds is 3. The van der Waals surface area contributed by atoms with Crippen LogP contribution in [-0.2, 0) is 0 Å². The molecule has 0 aliphatic heterocycles. The van der Waals surface area contributed by atoms with Crippen LogP contribution in [-0.4, -0.2) is 13.4 Å². The van der Waals surface area contributed by atoms with Gasteiger partial charge in [0.05, 0.1) is 11.4 Å². The Labute approximate surface area is 153 Å². The molecule has 0 aromatic heterocycles. The molecular formula is C24H20N2. The standard InChI is InChI=1S/C24H20N2/c1-15-5-7-17-13-19(25-3)9-11-21(17)23(15)24-16(2)6-8-18-14-20(26-4)10-12-22(18)24/h5-14H,3-4H2,1-2H3. The van der Waals surface area contributed by atoms with Gasteiger partial charge in [0.1, 0.15) is 0 Å². The van der Waals surface area contributed by atoms with E-state index in [-0.39, 0.29) is 0 Å². The molecule has 4 rings (SSSR count). The van der Waals surface area contributed by atoms with E-state index in [1.54, 1.807) is 0 Å². The van der Waals surface area contributed by atoms with Crippen molar-refractivity contribution < 1.29 is 0 Å². The van der Waals surface area contributed by atoms with E-state index in [0.29, 0.717) is 0 Å². The van der Waals surface area contributed by atoms with Gasteiger partial charge in [-0.1, -0.05) is 36.4 Å². The van der Waals surface area contributed by atoms with Gasteiger partial charge in [-0.25, -0.2) is 0 Å². The molecule has 4 aromatic rings. The van der Waals surface area contributed by atoms with E-state index in [1.165, 1.54) is 43.8 Å². The van der Waals surface area contributed by atoms with Gasteiger partial charge in [0.25, 0.3) is 0 Å². The van der Waals surface area contributed by atoms with Gasteiger partial charge in [0.2, 0.25) is 0 Å². The third kappa shape index (κ3) is 2.51. The molecule has 2 heteroatoms. The van der Waals surface area contributed by atoms with Crippen LogP contribution >= 0.6 is 0 Å². The second kappa shape index (κ2) is 6.23. The molecule has 0 fully saturated rings. The maximum Gasteiger partial charge on any atom is 0.0628 e. The summed E-state index contributed by atoms with van der Waals surface area (Å²) in [6.45, 7) is 11.6. The Morgan fingerprint density at radius 1 is 0.577 bits per heavy atom. The minimum Gasteiger partial charge on any atom is -0.265 e. The summed E-state index contributed by atoms with van der Waals surface area (Å²) in [5, 5.41) is 4.82. The summed E-state index contributed by atoms with van der Waals surface area (Å²) >= 11 is 0. The first-order valence-electron chi connectivity index (χ1n) is 8.63. The smallest absolute Gasteiger partial charge is 0.0628 e. The van der Waals surface area contributed by atoms with Gasteiger partial charge in [0.15, 0.2) is 0 Å². The summed E-state index contributed by atoms with van der Waals surface area (Å²) in [6, 6.07) is 21.2. The molecular weight excluding hydrogens is 316 g/mol. The van der Waals surface area contributed by atoms with Crippen molar-refractivity contribution in [2.45, 2.75) is 13.8 Å². The first-order chi connectivity index (χ1) is 12.6. The quantitative estimate of drug-likeness (QED) is 0.362. The zero-order valence-corrected chi connectivity index (χ0v) is 15.1. The molecule has 0 saturated heterocycles. The van der Waals surface area contributed by atoms with E-state index in [9.17, 15) is 0 Å². The number of hydrogen-bond donors (Lipinski definition) is 0. The van der Waals surface area contributed by atoms with Crippen molar-refractivity contribution in [1.82, 2.24) is 0 Å². The molecule has 26 heavy (non-hydrogen) atoms. The maximum absolute atomic E-state index is 4.07. The van der Waals surface area contributed by atoms with Crippen LogP contribution in [0.1, 0.15) is 11.1 Å². The van der Waals surface area contributed by atoms with Crippen molar-refractivity contribution in [2.24, 2.45) is 9.98 Å². The van der Waals surface area contributed by atoms with E-state index in [4.69, 9.17) is 0 Å². The normalized spacial score (nSPS) is 11.0. The average Bonchev–Trinajstić information content (AvgIpc) is 2.68. The number of hydrogen-bond acceptors (Lipinski definition) is 2. The number of fused-ring (bicyclic) bond motifs is 2. The molecule has 0 N–H and O–H groups in total. The van der Waals surface area contributed by atoms with Gasteiger partial charge in [-0.3, -0.25) is 9.98 Å². The average molecular weight is 336 g/mol. The fraction of sp³-hybridized carbons (Fsp3) is 0.0833. The topological polar surface area (TPSA) is 24.7 Å². The Morgan fingerprint density at radius 3 is 1.38 bits per heavy atom. The SMILES string of the molecule is C=Nc1ccc2c(-c3c(C)ccc4cc(N=C)ccc34)c(C)ccc2c1. The summed E-state index contributed by atoms with van der Waals surface area (Å²) in [7, 11) is 0. The Balaban J connectivity index is 2.12. The minimum absolute atomic E-state index is 0.892. The molecule has 0 radical (unpaired) electrons. The van der Waals surface area contributed by atoms with Crippen LogP contribution in [0, 0.1) is 13.8 Å². The van der Waals surface area contributed by atoms with E-state index < -0.39 is 0 Å². The third-order valence-corrected chi connectivity index (χ3v) is 5.04. The summed E-state index contributed by atoms with van der Waals surface area (Å²) in [5.41, 5.74) is 6.87. The van der Waals surface area contributed by atoms with Crippen molar-refractivity contribution in [3.63, 3.8) is 0 Å². The molecule has 0 aliphatic carbocycles. The van der Waals surface area contributed by atoms with Crippen LogP contribution < -0.4 is 0 Å². The Kier molecular flexibility index (Phi) is 3.89. The monoisotopic (exact) mass is 336 g/mol. The first-order valence-corrected chi connectivity index (χ1v) is 8.63. The zero-order valence-electron chi connectivity index (χ0n) is 15.1. The fourth-order valence-corrected chi connectivity index (χ4v) is 3.71. The van der Waals surface area contributed by atoms with Gasteiger partial charge in [-0.15, -0.1) is 0 Å². The molecule has 4 aromatic carbocycles. The molecule has 2 nitrogen and oxygen atoms in total. The highest BCUT2D eigenvalue weighted by Gasteiger charge is 2.14. The molecule has 0 bridgehead atoms. The van der Waals surface area contributed by atoms with E-state index in [1.807, 2.05) is 12.1 Å². The lowest BCUT2D eigenvalue weighted by atomic mass is 9.88. The predicted molar refractivity (Wildman–Crippen MR) is 115 cm³/mol. The molecule has 0 amide bonds. The highest BCUT2D eigenvalue weighted by Crippen LogP contribution is 2.40. The summed E-state index contributed by atoms with van der Waals surface area (Å²) in [5.74, 6) is 0. The molecule has 0 heterocycles. The van der Waals surface area contributed by atoms with Crippen molar-refractivity contribution in [3.8, 4) is 11.1 Å². The van der Waals surface area contributed by atoms with E-state index in [2.05, 4.69) is 85.8 Å². The lowest BCUT2D eigenvalue weighted by Crippen LogP contribution is -1.91. The Hall–Kier alpha value is -3.26. The third-order valence-electron chi connectivity index (χ3n) is 5.04. The van der Waals surface area contributed by atoms with E-state index in [0.717, 1.165) is 11.4 Å². The second-order valence-electron chi connectivity index (χ2n) is 6.64. The van der Waals surface area contributed by atoms with Gasteiger partial charge >= 0.3 is 0 Å². The number of benzene rings is 4. The largest absolute Gasteiger partial charge is 0.265 e. The van der Waals surface area contributed by atoms with Crippen LogP contribution in [0.3, 0.4) is 0 Å². The number of aliphatic imine (C=N–C) groups is 2. The van der Waals surface area contributed by atoms with Crippen LogP contribution in [0.4, 0.5) is 11.4 Å². The van der Waals surface area contributed by atoms with Crippen molar-refractivity contribution in [3.05, 3.63) is 71.8 Å². The first kappa shape index (κ1) is 16.2. The van der Waals surface area contributed by atoms with Crippen molar-refractivity contribution in [1.29, 1.82) is 0 Å². The second-order valence-corrected chi connectivity index (χ2v) is 6.64. The summed E-state index contributed by atoms with van der Waals surface area (Å²) < 4.78 is 0. The van der Waals surface area contributed by atoms with Crippen LogP contribution in [0.5, 0.6) is 0 Å². The summed E-state index contributed by atoms with van der Waals surface area (Å²) in [4.78, 5) is 8.13. The van der Waals surface area contributed by atoms with Gasteiger partial charge in [0, 0.05) is 0 Å². The number of aryl methyl sites for hydroxylation is 2. The van der Waals surface area contributed by atoms with Gasteiger partial charge in [-0.05, 0) is 95.3 Å². The Morgan fingerprint density at radius 2 is 1.00 bits per heavy atom. The van der Waals surface area contributed by atoms with Gasteiger partial charge in [-0.2, -0.15) is 0 Å². The highest BCUT2D eigenvalue weighted by molar-refractivity contribution is 6.08. The minimum atomic E-state index is 0.892. The lowest BCUT2D eigenvalue weighted by Gasteiger charge is -2.16. The van der Waals surface area contributed by atoms with Crippen molar-refractivity contribution in [2.75, 3.05) is 0 Å². The highest BCUT2D eigenvalue weighted by atomic mass is 14.7. The van der Waals surface area contributed by atoms with Crippen LogP contribution in [0.25, 0.3) is 32.7 Å². The molecule has 0 aliphatic rings. The van der Waals surface area contributed by atoms with Gasteiger partial charge < -0.3 is 0 Å². The zero-order chi connectivity index (χ0) is 18.3. The predicted octanol–water partition coefficient (Wildman–Crippen LogP) is 6.94. The number of nitrogens with zero attached hydrogens (tertiary/aromatic N) is 2. The van der Waals surface area contributed by atoms with Crippen LogP contribution in [0.2, 0.25) is 0 Å². The fourth-order valence-electron chi connectivity index (χ4n) is 3.71. The molecule has 0 spiro atoms. The summed E-state index contributed by atoms with van der Waals surface area (Å²) in [6.07, 6.45) is 0.